The van der Waals surface area contributed by atoms with Crippen LogP contribution in [0.5, 0.6) is 5.75 Å². The number of phenols is 1. The zero-order chi connectivity index (χ0) is 39.6. The second kappa shape index (κ2) is 15.7. The van der Waals surface area contributed by atoms with Gasteiger partial charge in [-0.1, -0.05) is 6.07 Å². The molecule has 292 valence electrons. The molecule has 0 spiro atoms. The van der Waals surface area contributed by atoms with Crippen molar-refractivity contribution in [3.05, 3.63) is 54.6 Å². The minimum Gasteiger partial charge on any atom is -0.506 e. The van der Waals surface area contributed by atoms with Crippen LogP contribution in [-0.4, -0.2) is 152 Å². The van der Waals surface area contributed by atoms with Crippen LogP contribution in [0.15, 0.2) is 64.8 Å². The van der Waals surface area contributed by atoms with Crippen LogP contribution in [0.3, 0.4) is 0 Å². The second-order valence-corrected chi connectivity index (χ2v) is 18.6. The van der Waals surface area contributed by atoms with Gasteiger partial charge in [0.15, 0.2) is 0 Å². The number of nitrogens with zero attached hydrogens (tertiary/aromatic N) is 10. The number of hydrogen-bond acceptors (Lipinski definition) is 12. The predicted molar refractivity (Wildman–Crippen MR) is 218 cm³/mol. The van der Waals surface area contributed by atoms with E-state index in [0.717, 1.165) is 95.4 Å². The lowest BCUT2D eigenvalue weighted by Crippen LogP contribution is -2.46. The summed E-state index contributed by atoms with van der Waals surface area (Å²) in [6.45, 7) is 3.67. The third-order valence-corrected chi connectivity index (χ3v) is 10.7. The SMILES string of the molecule is COS(C)(=O)=O.C[N+](C)(C)c1ccc2ccc(O)c(N=Nc3ccc(Nc4nc(N5CCC([N+](C)(C)C)C5)nc(N5CCC([N+](C)(C)C)C5)n4)cc3)c2c1. The number of rotatable bonds is 10. The molecule has 2 fully saturated rings. The summed E-state index contributed by atoms with van der Waals surface area (Å²) >= 11 is 0. The Morgan fingerprint density at radius 1 is 0.778 bits per heavy atom. The van der Waals surface area contributed by atoms with Crippen LogP contribution in [0.1, 0.15) is 12.8 Å². The van der Waals surface area contributed by atoms with Gasteiger partial charge < -0.3 is 29.2 Å². The van der Waals surface area contributed by atoms with Gasteiger partial charge in [0.05, 0.1) is 95.6 Å². The van der Waals surface area contributed by atoms with Gasteiger partial charge in [0.1, 0.15) is 29.2 Å². The molecule has 0 aliphatic carbocycles. The molecule has 15 nitrogen and oxygen atoms in total. The Balaban J connectivity index is 0.000000864. The Bertz CT molecular complexity index is 2020. The number of anilines is 4. The Morgan fingerprint density at radius 3 is 1.76 bits per heavy atom. The van der Waals surface area contributed by atoms with Crippen LogP contribution in [0.25, 0.3) is 10.8 Å². The van der Waals surface area contributed by atoms with Crippen molar-refractivity contribution in [1.29, 1.82) is 0 Å². The van der Waals surface area contributed by atoms with Crippen LogP contribution in [0.2, 0.25) is 0 Å². The van der Waals surface area contributed by atoms with E-state index in [1.165, 1.54) is 0 Å². The molecule has 1 aromatic heterocycles. The topological polar surface area (TPSA) is 146 Å². The summed E-state index contributed by atoms with van der Waals surface area (Å²) in [6, 6.07) is 18.5. The van der Waals surface area contributed by atoms with E-state index in [2.05, 4.69) is 111 Å². The minimum absolute atomic E-state index is 0.0982. The normalized spacial score (nSPS) is 18.4. The average molecular weight is 765 g/mol. The van der Waals surface area contributed by atoms with Gasteiger partial charge in [0.2, 0.25) is 17.8 Å². The standard InChI is InChI=1S/C36H51N11O.C2H6O3S/c1-45(2,3)28-16-10-25-11-17-32(48)33(31(25)22-28)42-41-27-14-12-26(13-15-27)37-34-38-35(43-20-18-29(23-43)46(4,5)6)40-36(39-34)44-21-19-30(24-44)47(7,8)9;1-5-6(2,3)4/h10-17,22,29-30H,18-21,23-24H2,1-9H3,(H-,37,38,39,40,41,42,48);1-2H3/q+2;/p+1. The van der Waals surface area contributed by atoms with E-state index in [9.17, 15) is 13.5 Å². The summed E-state index contributed by atoms with van der Waals surface area (Å²) in [5.74, 6) is 2.07. The smallest absolute Gasteiger partial charge is 0.264 e. The Morgan fingerprint density at radius 2 is 1.30 bits per heavy atom. The molecule has 54 heavy (non-hydrogen) atoms. The fraction of sp³-hybridized carbons (Fsp3) is 0.500. The molecular weight excluding hydrogens is 707 g/mol. The summed E-state index contributed by atoms with van der Waals surface area (Å²) < 4.78 is 26.0. The molecule has 2 aliphatic heterocycles. The van der Waals surface area contributed by atoms with E-state index in [1.807, 2.05) is 30.3 Å². The van der Waals surface area contributed by atoms with Gasteiger partial charge in [-0.3, -0.25) is 8.67 Å². The minimum atomic E-state index is -3.16. The summed E-state index contributed by atoms with van der Waals surface area (Å²) in [5.41, 5.74) is 3.08. The summed E-state index contributed by atoms with van der Waals surface area (Å²) in [4.78, 5) is 19.4. The van der Waals surface area contributed by atoms with Crippen LogP contribution in [-0.2, 0) is 14.3 Å². The third kappa shape index (κ3) is 10.4. The number of nitrogens with one attached hydrogen (secondary N) is 1. The summed E-state index contributed by atoms with van der Waals surface area (Å²) in [5, 5.41) is 25.0. The molecule has 16 heteroatoms. The van der Waals surface area contributed by atoms with E-state index in [0.29, 0.717) is 33.9 Å². The molecule has 2 aliphatic rings. The van der Waals surface area contributed by atoms with Gasteiger partial charge in [-0.25, -0.2) is 0 Å². The number of hydrogen-bond donors (Lipinski definition) is 2. The number of benzene rings is 3. The maximum atomic E-state index is 10.7. The molecule has 2 saturated heterocycles. The van der Waals surface area contributed by atoms with Crippen molar-refractivity contribution < 1.29 is 26.7 Å². The highest BCUT2D eigenvalue weighted by atomic mass is 32.2. The number of quaternary nitrogens is 3. The van der Waals surface area contributed by atoms with E-state index >= 15 is 0 Å². The molecule has 2 atom stereocenters. The van der Waals surface area contributed by atoms with Gasteiger partial charge in [0.25, 0.3) is 10.1 Å². The maximum Gasteiger partial charge on any atom is 0.264 e. The lowest BCUT2D eigenvalue weighted by atomic mass is 10.1. The number of aromatic nitrogens is 3. The summed E-state index contributed by atoms with van der Waals surface area (Å²) in [7, 11) is 17.8. The Kier molecular flexibility index (Phi) is 11.8. The predicted octanol–water partition coefficient (Wildman–Crippen LogP) is 5.25. The van der Waals surface area contributed by atoms with Gasteiger partial charge in [0, 0.05) is 43.1 Å². The van der Waals surface area contributed by atoms with Crippen LogP contribution >= 0.6 is 0 Å². The second-order valence-electron chi connectivity index (χ2n) is 16.9. The highest BCUT2D eigenvalue weighted by Crippen LogP contribution is 2.38. The third-order valence-electron chi connectivity index (χ3n) is 10.1. The highest BCUT2D eigenvalue weighted by Gasteiger charge is 2.36. The van der Waals surface area contributed by atoms with Crippen molar-refractivity contribution in [2.75, 3.05) is 118 Å². The first-order valence-electron chi connectivity index (χ1n) is 18.1. The van der Waals surface area contributed by atoms with Crippen molar-refractivity contribution in [3.63, 3.8) is 0 Å². The van der Waals surface area contributed by atoms with Crippen LogP contribution < -0.4 is 19.6 Å². The monoisotopic (exact) mass is 764 g/mol. The number of phenolic OH excluding ortho intramolecular Hbond substituents is 1. The molecule has 0 amide bonds. The first kappa shape index (κ1) is 40.7. The van der Waals surface area contributed by atoms with Crippen LogP contribution in [0.4, 0.5) is 40.6 Å². The largest absolute Gasteiger partial charge is 0.506 e. The number of likely N-dealkylation sites (N-methyl/N-ethyl adjacent to an activating group) is 2. The summed E-state index contributed by atoms with van der Waals surface area (Å²) in [6.07, 6.45) is 3.20. The first-order chi connectivity index (χ1) is 25.1. The zero-order valence-electron chi connectivity index (χ0n) is 33.6. The quantitative estimate of drug-likeness (QED) is 0.125. The highest BCUT2D eigenvalue weighted by molar-refractivity contribution is 7.85. The van der Waals surface area contributed by atoms with Gasteiger partial charge in [-0.2, -0.15) is 28.5 Å². The molecule has 0 radical (unpaired) electrons. The van der Waals surface area contributed by atoms with Gasteiger partial charge >= 0.3 is 0 Å². The fourth-order valence-corrected chi connectivity index (χ4v) is 6.46. The number of fused-ring (bicyclic) bond motifs is 1. The van der Waals surface area contributed by atoms with Crippen molar-refractivity contribution in [2.45, 2.75) is 24.9 Å². The molecule has 6 rings (SSSR count). The number of azo groups is 1. The molecule has 3 aromatic carbocycles. The molecular formula is C38H58N11O4S+3. The molecule has 3 heterocycles. The van der Waals surface area contributed by atoms with E-state index < -0.39 is 10.1 Å². The molecule has 2 unspecified atom stereocenters. The van der Waals surface area contributed by atoms with Crippen molar-refractivity contribution >= 4 is 61.5 Å². The van der Waals surface area contributed by atoms with Gasteiger partial charge in [-0.15, -0.1) is 5.11 Å². The molecule has 2 N–H and O–H groups in total. The first-order valence-corrected chi connectivity index (χ1v) is 19.9. The van der Waals surface area contributed by atoms with Crippen molar-refractivity contribution in [1.82, 2.24) is 19.4 Å². The van der Waals surface area contributed by atoms with E-state index in [1.54, 1.807) is 6.07 Å². The molecule has 4 aromatic rings. The Labute approximate surface area is 320 Å². The van der Waals surface area contributed by atoms with Crippen molar-refractivity contribution in [2.24, 2.45) is 10.2 Å². The lowest BCUT2D eigenvalue weighted by Gasteiger charge is -2.31. The van der Waals surface area contributed by atoms with Crippen LogP contribution in [0, 0.1) is 0 Å². The average Bonchev–Trinajstić information content (AvgIpc) is 3.80. The van der Waals surface area contributed by atoms with E-state index in [4.69, 9.17) is 15.0 Å². The lowest BCUT2D eigenvalue weighted by molar-refractivity contribution is -0.893. The molecule has 0 saturated carbocycles. The fourth-order valence-electron chi connectivity index (χ4n) is 6.46. The van der Waals surface area contributed by atoms with E-state index in [-0.39, 0.29) is 5.75 Å². The van der Waals surface area contributed by atoms with Gasteiger partial charge in [-0.05, 0) is 47.9 Å². The zero-order valence-corrected chi connectivity index (χ0v) is 34.5. The number of aromatic hydroxyl groups is 1. The molecule has 0 bridgehead atoms. The Hall–Kier alpha value is -4.48. The maximum absolute atomic E-state index is 10.7. The van der Waals surface area contributed by atoms with Crippen molar-refractivity contribution in [3.8, 4) is 5.75 Å².